The van der Waals surface area contributed by atoms with Gasteiger partial charge in [0, 0.05) is 54.5 Å². The number of rotatable bonds is 9. The minimum atomic E-state index is -0.248. The van der Waals surface area contributed by atoms with Gasteiger partial charge in [0.15, 0.2) is 5.89 Å². The van der Waals surface area contributed by atoms with Crippen molar-refractivity contribution in [1.82, 2.24) is 20.3 Å². The fourth-order valence-corrected chi connectivity index (χ4v) is 4.68. The van der Waals surface area contributed by atoms with E-state index in [4.69, 9.17) is 9.40 Å². The lowest BCUT2D eigenvalue weighted by Gasteiger charge is -2.13. The fourth-order valence-electron chi connectivity index (χ4n) is 4.68. The smallest absolute Gasteiger partial charge is 0.256 e. The van der Waals surface area contributed by atoms with Gasteiger partial charge in [0.05, 0.1) is 23.0 Å². The number of aryl methyl sites for hydroxylation is 4. The molecule has 202 valence electrons. The van der Waals surface area contributed by atoms with Crippen LogP contribution >= 0.6 is 0 Å². The van der Waals surface area contributed by atoms with Gasteiger partial charge in [0.1, 0.15) is 5.76 Å². The summed E-state index contributed by atoms with van der Waals surface area (Å²) >= 11 is 0. The van der Waals surface area contributed by atoms with Gasteiger partial charge in [-0.2, -0.15) is 0 Å². The molecular weight excluding hydrogens is 502 g/mol. The van der Waals surface area contributed by atoms with Crippen molar-refractivity contribution in [2.24, 2.45) is 0 Å². The van der Waals surface area contributed by atoms with Crippen molar-refractivity contribution in [1.29, 1.82) is 0 Å². The molecule has 2 N–H and O–H groups in total. The maximum Gasteiger partial charge on any atom is 0.256 e. The maximum atomic E-state index is 13.5. The predicted molar refractivity (Wildman–Crippen MR) is 155 cm³/mol. The highest BCUT2D eigenvalue weighted by atomic mass is 16.3. The summed E-state index contributed by atoms with van der Waals surface area (Å²) in [4.78, 5) is 39.2. The van der Waals surface area contributed by atoms with Crippen molar-refractivity contribution in [3.63, 3.8) is 0 Å². The van der Waals surface area contributed by atoms with Crippen LogP contribution in [0.15, 0.2) is 77.6 Å². The molecular formula is C32H31N5O3. The zero-order valence-corrected chi connectivity index (χ0v) is 22.8. The highest BCUT2D eigenvalue weighted by Gasteiger charge is 2.17. The lowest BCUT2D eigenvalue weighted by Crippen LogP contribution is -2.24. The molecule has 3 heterocycles. The number of amides is 2. The normalized spacial score (nSPS) is 11.0. The molecule has 0 saturated heterocycles. The summed E-state index contributed by atoms with van der Waals surface area (Å²) in [6.07, 6.45) is 7.71. The number of hydrogen-bond acceptors (Lipinski definition) is 6. The minimum Gasteiger partial charge on any atom is -0.446 e. The lowest BCUT2D eigenvalue weighted by molar-refractivity contribution is 0.0952. The zero-order chi connectivity index (χ0) is 28.1. The Morgan fingerprint density at radius 3 is 2.48 bits per heavy atom. The van der Waals surface area contributed by atoms with E-state index in [1.54, 1.807) is 48.9 Å². The van der Waals surface area contributed by atoms with E-state index in [2.05, 4.69) is 26.7 Å². The van der Waals surface area contributed by atoms with E-state index < -0.39 is 0 Å². The third-order valence-electron chi connectivity index (χ3n) is 6.66. The Morgan fingerprint density at radius 2 is 1.75 bits per heavy atom. The summed E-state index contributed by atoms with van der Waals surface area (Å²) in [6, 6.07) is 16.5. The van der Waals surface area contributed by atoms with Crippen molar-refractivity contribution in [3.8, 4) is 11.3 Å². The van der Waals surface area contributed by atoms with Crippen LogP contribution in [0.25, 0.3) is 22.2 Å². The Labute approximate surface area is 232 Å². The van der Waals surface area contributed by atoms with Gasteiger partial charge < -0.3 is 15.1 Å². The van der Waals surface area contributed by atoms with Gasteiger partial charge in [-0.15, -0.1) is 0 Å². The van der Waals surface area contributed by atoms with E-state index in [0.29, 0.717) is 34.9 Å². The maximum absolute atomic E-state index is 13.5. The van der Waals surface area contributed by atoms with Crippen molar-refractivity contribution in [2.75, 3.05) is 11.9 Å². The number of carbonyl (C=O) groups is 2. The van der Waals surface area contributed by atoms with Crippen LogP contribution in [-0.2, 0) is 6.42 Å². The Kier molecular flexibility index (Phi) is 7.96. The second-order valence-corrected chi connectivity index (χ2v) is 9.86. The number of nitrogens with one attached hydrogen (secondary N) is 2. The molecule has 0 aliphatic heterocycles. The van der Waals surface area contributed by atoms with E-state index in [0.717, 1.165) is 52.6 Å². The molecule has 8 heteroatoms. The summed E-state index contributed by atoms with van der Waals surface area (Å²) in [5.74, 6) is 1.12. The molecule has 0 saturated carbocycles. The number of anilines is 1. The van der Waals surface area contributed by atoms with Crippen molar-refractivity contribution < 1.29 is 14.0 Å². The van der Waals surface area contributed by atoms with E-state index in [1.165, 1.54) is 0 Å². The van der Waals surface area contributed by atoms with Gasteiger partial charge in [-0.1, -0.05) is 11.6 Å². The van der Waals surface area contributed by atoms with E-state index >= 15 is 0 Å². The first-order valence-electron chi connectivity index (χ1n) is 13.3. The third-order valence-corrected chi connectivity index (χ3v) is 6.66. The fraction of sp³-hybridized carbons (Fsp3) is 0.219. The first-order valence-corrected chi connectivity index (χ1v) is 13.3. The number of unbranched alkanes of at least 4 members (excludes halogenated alkanes) is 1. The molecule has 0 bridgehead atoms. The number of benzene rings is 2. The number of hydrogen-bond donors (Lipinski definition) is 2. The van der Waals surface area contributed by atoms with Crippen molar-refractivity contribution in [2.45, 2.75) is 40.0 Å². The first kappa shape index (κ1) is 26.7. The number of aromatic nitrogens is 3. The molecule has 8 nitrogen and oxygen atoms in total. The summed E-state index contributed by atoms with van der Waals surface area (Å²) in [5, 5.41) is 6.72. The van der Waals surface area contributed by atoms with Crippen LogP contribution < -0.4 is 10.6 Å². The van der Waals surface area contributed by atoms with E-state index in [-0.39, 0.29) is 11.8 Å². The molecule has 5 aromatic rings. The molecule has 0 radical (unpaired) electrons. The predicted octanol–water partition coefficient (Wildman–Crippen LogP) is 6.22. The highest BCUT2D eigenvalue weighted by molar-refractivity contribution is 6.13. The van der Waals surface area contributed by atoms with Gasteiger partial charge in [-0.3, -0.25) is 14.6 Å². The summed E-state index contributed by atoms with van der Waals surface area (Å²) in [7, 11) is 0. The third kappa shape index (κ3) is 6.23. The first-order chi connectivity index (χ1) is 19.4. The largest absolute Gasteiger partial charge is 0.446 e. The molecule has 0 unspecified atom stereocenters. The van der Waals surface area contributed by atoms with Crippen molar-refractivity contribution in [3.05, 3.63) is 107 Å². The molecule has 0 aliphatic carbocycles. The molecule has 0 spiro atoms. The van der Waals surface area contributed by atoms with Crippen molar-refractivity contribution >= 4 is 28.4 Å². The number of pyridine rings is 2. The minimum absolute atomic E-state index is 0.152. The van der Waals surface area contributed by atoms with Crippen LogP contribution in [0.4, 0.5) is 5.69 Å². The number of fused-ring (bicyclic) bond motifs is 1. The van der Waals surface area contributed by atoms with Crippen LogP contribution in [-0.4, -0.2) is 33.3 Å². The van der Waals surface area contributed by atoms with Gasteiger partial charge in [0.25, 0.3) is 11.8 Å². The van der Waals surface area contributed by atoms with Gasteiger partial charge in [-0.05, 0) is 80.8 Å². The average molecular weight is 534 g/mol. The standard InChI is InChI=1S/C32H31N5O3/c1-20-15-21(2)30-27(16-20)28(17-29(37-30)24-7-6-13-33-18-24)32(39)36-25-11-9-23(10-12-25)31(38)34-14-5-4-8-26-19-35-22(3)40-26/h6-7,9-13,15-19H,4-5,8,14H2,1-3H3,(H,34,38)(H,36,39). The van der Waals surface area contributed by atoms with Gasteiger partial charge in [-0.25, -0.2) is 9.97 Å². The molecule has 0 atom stereocenters. The van der Waals surface area contributed by atoms with Crippen LogP contribution in [0, 0.1) is 20.8 Å². The monoisotopic (exact) mass is 533 g/mol. The van der Waals surface area contributed by atoms with Gasteiger partial charge in [0.2, 0.25) is 0 Å². The Bertz CT molecular complexity index is 1660. The molecule has 3 aromatic heterocycles. The van der Waals surface area contributed by atoms with E-state index in [1.807, 2.05) is 39.0 Å². The zero-order valence-electron chi connectivity index (χ0n) is 22.8. The Hall–Kier alpha value is -4.85. The summed E-state index contributed by atoms with van der Waals surface area (Å²) in [6.45, 7) is 6.39. The van der Waals surface area contributed by atoms with Gasteiger partial charge >= 0.3 is 0 Å². The van der Waals surface area contributed by atoms with Crippen LogP contribution in [0.3, 0.4) is 0 Å². The second-order valence-electron chi connectivity index (χ2n) is 9.86. The SMILES string of the molecule is Cc1cc(C)c2nc(-c3cccnc3)cc(C(=O)Nc3ccc(C(=O)NCCCCc4cnc(C)o4)cc3)c2c1. The average Bonchev–Trinajstić information content (AvgIpc) is 3.37. The number of oxazole rings is 1. The summed E-state index contributed by atoms with van der Waals surface area (Å²) < 4.78 is 5.47. The molecule has 5 rings (SSSR count). The molecule has 0 aliphatic rings. The lowest BCUT2D eigenvalue weighted by atomic mass is 9.99. The number of nitrogens with zero attached hydrogens (tertiary/aromatic N) is 3. The summed E-state index contributed by atoms with van der Waals surface area (Å²) in [5.41, 5.74) is 6.00. The van der Waals surface area contributed by atoms with Crippen LogP contribution in [0.1, 0.15) is 56.3 Å². The number of carbonyl (C=O) groups excluding carboxylic acids is 2. The molecule has 2 aromatic carbocycles. The Morgan fingerprint density at radius 1 is 0.925 bits per heavy atom. The van der Waals surface area contributed by atoms with Crippen LogP contribution in [0.5, 0.6) is 0 Å². The topological polar surface area (TPSA) is 110 Å². The van der Waals surface area contributed by atoms with E-state index in [9.17, 15) is 9.59 Å². The highest BCUT2D eigenvalue weighted by Crippen LogP contribution is 2.28. The molecule has 2 amide bonds. The molecule has 0 fully saturated rings. The second kappa shape index (κ2) is 11.9. The van der Waals surface area contributed by atoms with Crippen LogP contribution in [0.2, 0.25) is 0 Å². The molecule has 40 heavy (non-hydrogen) atoms. The quantitative estimate of drug-likeness (QED) is 0.218. The Balaban J connectivity index is 1.26.